The summed E-state index contributed by atoms with van der Waals surface area (Å²) in [5, 5.41) is 0. The summed E-state index contributed by atoms with van der Waals surface area (Å²) in [5.74, 6) is 1.25. The Bertz CT molecular complexity index is 526. The minimum atomic E-state index is 0.575. The number of nitrogen functional groups attached to an aromatic ring is 1. The molecule has 2 rings (SSSR count). The van der Waals surface area contributed by atoms with Gasteiger partial charge < -0.3 is 5.73 Å². The van der Waals surface area contributed by atoms with Gasteiger partial charge in [0.05, 0.1) is 0 Å². The molecule has 4 nitrogen and oxygen atoms in total. The third-order valence-electron chi connectivity index (χ3n) is 2.86. The van der Waals surface area contributed by atoms with Crippen LogP contribution in [0.1, 0.15) is 23.7 Å². The molecular formula is C13H16N4. The zero-order chi connectivity index (χ0) is 12.4. The van der Waals surface area contributed by atoms with Crippen molar-refractivity contribution >= 4 is 5.82 Å². The first-order chi connectivity index (χ1) is 8.13. The Morgan fingerprint density at radius 3 is 2.59 bits per heavy atom. The molecule has 2 N–H and O–H groups in total. The van der Waals surface area contributed by atoms with Crippen LogP contribution in [0.5, 0.6) is 0 Å². The van der Waals surface area contributed by atoms with Gasteiger partial charge in [0.2, 0.25) is 0 Å². The van der Waals surface area contributed by atoms with Crippen LogP contribution in [0, 0.1) is 13.8 Å². The van der Waals surface area contributed by atoms with Crippen LogP contribution in [0.25, 0.3) is 11.4 Å². The van der Waals surface area contributed by atoms with E-state index >= 15 is 0 Å². The molecule has 0 spiro atoms. The highest BCUT2D eigenvalue weighted by atomic mass is 15.0. The molecule has 0 bridgehead atoms. The molecule has 2 heterocycles. The zero-order valence-corrected chi connectivity index (χ0v) is 10.4. The van der Waals surface area contributed by atoms with Crippen molar-refractivity contribution in [3.8, 4) is 11.4 Å². The highest BCUT2D eigenvalue weighted by Crippen LogP contribution is 2.22. The van der Waals surface area contributed by atoms with Gasteiger partial charge in [-0.2, -0.15) is 0 Å². The van der Waals surface area contributed by atoms with E-state index in [0.29, 0.717) is 11.6 Å². The van der Waals surface area contributed by atoms with Gasteiger partial charge in [0, 0.05) is 29.2 Å². The van der Waals surface area contributed by atoms with Crippen molar-refractivity contribution in [3.05, 3.63) is 35.3 Å². The molecule has 88 valence electrons. The van der Waals surface area contributed by atoms with E-state index in [1.165, 1.54) is 0 Å². The van der Waals surface area contributed by atoms with E-state index in [9.17, 15) is 0 Å². The maximum absolute atomic E-state index is 5.95. The molecule has 0 radical (unpaired) electrons. The maximum atomic E-state index is 5.95. The third kappa shape index (κ3) is 2.11. The van der Waals surface area contributed by atoms with Crippen LogP contribution in [0.4, 0.5) is 5.82 Å². The zero-order valence-electron chi connectivity index (χ0n) is 10.4. The van der Waals surface area contributed by atoms with Gasteiger partial charge in [-0.25, -0.2) is 9.97 Å². The largest absolute Gasteiger partial charge is 0.383 e. The van der Waals surface area contributed by atoms with E-state index in [1.54, 1.807) is 12.4 Å². The van der Waals surface area contributed by atoms with Crippen molar-refractivity contribution in [2.24, 2.45) is 0 Å². The van der Waals surface area contributed by atoms with Crippen molar-refractivity contribution in [1.29, 1.82) is 0 Å². The second-order valence-corrected chi connectivity index (χ2v) is 4.04. The molecule has 2 aromatic rings. The highest BCUT2D eigenvalue weighted by Gasteiger charge is 2.10. The number of nitrogens with two attached hydrogens (primary N) is 1. The summed E-state index contributed by atoms with van der Waals surface area (Å²) in [6, 6.07) is 1.91. The molecule has 4 heteroatoms. The summed E-state index contributed by atoms with van der Waals surface area (Å²) >= 11 is 0. The first-order valence-electron chi connectivity index (χ1n) is 5.67. The number of aryl methyl sites for hydroxylation is 2. The molecule has 0 saturated carbocycles. The second-order valence-electron chi connectivity index (χ2n) is 4.04. The van der Waals surface area contributed by atoms with Crippen molar-refractivity contribution in [2.45, 2.75) is 27.2 Å². The fourth-order valence-electron chi connectivity index (χ4n) is 1.90. The van der Waals surface area contributed by atoms with Crippen LogP contribution in [-0.2, 0) is 6.42 Å². The number of anilines is 1. The molecule has 0 aliphatic carbocycles. The predicted molar refractivity (Wildman–Crippen MR) is 68.5 cm³/mol. The first kappa shape index (κ1) is 11.5. The Morgan fingerprint density at radius 1 is 1.24 bits per heavy atom. The van der Waals surface area contributed by atoms with Gasteiger partial charge in [0.25, 0.3) is 0 Å². The highest BCUT2D eigenvalue weighted by molar-refractivity contribution is 5.61. The van der Waals surface area contributed by atoms with E-state index in [-0.39, 0.29) is 0 Å². The van der Waals surface area contributed by atoms with Crippen molar-refractivity contribution in [3.63, 3.8) is 0 Å². The summed E-state index contributed by atoms with van der Waals surface area (Å²) < 4.78 is 0. The predicted octanol–water partition coefficient (Wildman–Crippen LogP) is 2.30. The van der Waals surface area contributed by atoms with Crippen LogP contribution < -0.4 is 5.73 Å². The lowest BCUT2D eigenvalue weighted by molar-refractivity contribution is 1.01. The van der Waals surface area contributed by atoms with Gasteiger partial charge >= 0.3 is 0 Å². The van der Waals surface area contributed by atoms with Gasteiger partial charge in [0.15, 0.2) is 5.82 Å². The van der Waals surface area contributed by atoms with Gasteiger partial charge in [-0.1, -0.05) is 6.92 Å². The van der Waals surface area contributed by atoms with Gasteiger partial charge in [-0.3, -0.25) is 4.98 Å². The second kappa shape index (κ2) is 4.49. The molecule has 0 amide bonds. The monoisotopic (exact) mass is 228 g/mol. The number of aromatic nitrogens is 3. The molecule has 0 saturated heterocycles. The van der Waals surface area contributed by atoms with Crippen LogP contribution in [0.2, 0.25) is 0 Å². The molecular weight excluding hydrogens is 212 g/mol. The number of rotatable bonds is 2. The Hall–Kier alpha value is -1.97. The molecule has 0 aromatic carbocycles. The number of nitrogens with zero attached hydrogens (tertiary/aromatic N) is 3. The maximum Gasteiger partial charge on any atom is 0.162 e. The number of hydrogen-bond acceptors (Lipinski definition) is 4. The minimum Gasteiger partial charge on any atom is -0.383 e. The van der Waals surface area contributed by atoms with E-state index in [2.05, 4.69) is 21.9 Å². The fourth-order valence-corrected chi connectivity index (χ4v) is 1.90. The van der Waals surface area contributed by atoms with E-state index in [1.807, 2.05) is 19.9 Å². The molecule has 0 fully saturated rings. The molecule has 0 atom stereocenters. The summed E-state index contributed by atoms with van der Waals surface area (Å²) in [4.78, 5) is 13.0. The van der Waals surface area contributed by atoms with Crippen LogP contribution in [0.15, 0.2) is 18.5 Å². The lowest BCUT2D eigenvalue weighted by Gasteiger charge is -2.09. The molecule has 17 heavy (non-hydrogen) atoms. The Balaban J connectivity index is 2.59. The summed E-state index contributed by atoms with van der Waals surface area (Å²) in [6.45, 7) is 6.02. The molecule has 2 aromatic heterocycles. The molecule has 0 aliphatic heterocycles. The molecule has 0 unspecified atom stereocenters. The standard InChI is InChI=1S/C13H16N4/c1-4-10-9(3)16-13(17-12(10)14)11-5-6-15-7-8(11)2/h5-7H,4H2,1-3H3,(H2,14,16,17). The van der Waals surface area contributed by atoms with Crippen molar-refractivity contribution in [1.82, 2.24) is 15.0 Å². The fraction of sp³-hybridized carbons (Fsp3) is 0.308. The SMILES string of the molecule is CCc1c(C)nc(-c2ccncc2C)nc1N. The summed E-state index contributed by atoms with van der Waals surface area (Å²) in [7, 11) is 0. The number of hydrogen-bond donors (Lipinski definition) is 1. The Labute approximate surface area is 101 Å². The summed E-state index contributed by atoms with van der Waals surface area (Å²) in [5.41, 5.74) is 9.97. The lowest BCUT2D eigenvalue weighted by Crippen LogP contribution is -2.05. The van der Waals surface area contributed by atoms with Gasteiger partial charge in [-0.15, -0.1) is 0 Å². The molecule has 0 aliphatic rings. The lowest BCUT2D eigenvalue weighted by atomic mass is 10.1. The smallest absolute Gasteiger partial charge is 0.162 e. The van der Waals surface area contributed by atoms with Gasteiger partial charge in [0.1, 0.15) is 5.82 Å². The normalized spacial score (nSPS) is 10.5. The van der Waals surface area contributed by atoms with Crippen LogP contribution in [0.3, 0.4) is 0 Å². The summed E-state index contributed by atoms with van der Waals surface area (Å²) in [6.07, 6.45) is 4.40. The van der Waals surface area contributed by atoms with Gasteiger partial charge in [-0.05, 0) is 31.9 Å². The van der Waals surface area contributed by atoms with Crippen LogP contribution >= 0.6 is 0 Å². The average Bonchev–Trinajstić information content (AvgIpc) is 2.29. The quantitative estimate of drug-likeness (QED) is 0.856. The van der Waals surface area contributed by atoms with Crippen molar-refractivity contribution < 1.29 is 0 Å². The topological polar surface area (TPSA) is 64.7 Å². The minimum absolute atomic E-state index is 0.575. The van der Waals surface area contributed by atoms with E-state index in [0.717, 1.165) is 28.8 Å². The average molecular weight is 228 g/mol. The number of pyridine rings is 1. The Morgan fingerprint density at radius 2 is 2.00 bits per heavy atom. The Kier molecular flexibility index (Phi) is 3.04. The van der Waals surface area contributed by atoms with Crippen LogP contribution in [-0.4, -0.2) is 15.0 Å². The van der Waals surface area contributed by atoms with E-state index < -0.39 is 0 Å². The first-order valence-corrected chi connectivity index (χ1v) is 5.67. The van der Waals surface area contributed by atoms with Crippen molar-refractivity contribution in [2.75, 3.05) is 5.73 Å². The van der Waals surface area contributed by atoms with E-state index in [4.69, 9.17) is 5.73 Å². The third-order valence-corrected chi connectivity index (χ3v) is 2.86.